The molecule has 0 bridgehead atoms. The summed E-state index contributed by atoms with van der Waals surface area (Å²) in [6.07, 6.45) is 0.751. The molecular weight excluding hydrogens is 302 g/mol. The van der Waals surface area contributed by atoms with E-state index >= 15 is 0 Å². The van der Waals surface area contributed by atoms with E-state index in [1.807, 2.05) is 25.7 Å². The summed E-state index contributed by atoms with van der Waals surface area (Å²) < 4.78 is 5.51. The maximum absolute atomic E-state index is 12.3. The molecule has 0 N–H and O–H groups in total. The van der Waals surface area contributed by atoms with Crippen LogP contribution < -0.4 is 4.90 Å². The highest BCUT2D eigenvalue weighted by Crippen LogP contribution is 2.23. The normalized spacial score (nSPS) is 16.2. The molecule has 1 aromatic rings. The van der Waals surface area contributed by atoms with Crippen molar-refractivity contribution in [2.24, 2.45) is 0 Å². The molecule has 5 nitrogen and oxygen atoms in total. The second-order valence-electron chi connectivity index (χ2n) is 7.67. The summed E-state index contributed by atoms with van der Waals surface area (Å²) in [5.74, 6) is 0. The van der Waals surface area contributed by atoms with Crippen molar-refractivity contribution in [1.82, 2.24) is 9.80 Å². The van der Waals surface area contributed by atoms with Crippen molar-refractivity contribution < 1.29 is 9.53 Å². The number of carbonyl (C=O) groups excluding carboxylic acids is 1. The Hall–Kier alpha value is -1.75. The van der Waals surface area contributed by atoms with Gasteiger partial charge in [0.25, 0.3) is 0 Å². The predicted octanol–water partition coefficient (Wildman–Crippen LogP) is 3.20. The molecule has 1 aliphatic rings. The molecule has 5 heteroatoms. The molecule has 2 rings (SSSR count). The average molecular weight is 333 g/mol. The number of hydrogen-bond donors (Lipinski definition) is 0. The third-order valence-corrected chi connectivity index (χ3v) is 3.97. The highest BCUT2D eigenvalue weighted by atomic mass is 16.6. The van der Waals surface area contributed by atoms with Gasteiger partial charge in [0, 0.05) is 38.4 Å². The molecule has 0 aromatic heterocycles. The molecule has 134 valence electrons. The summed E-state index contributed by atoms with van der Waals surface area (Å²) >= 11 is 0. The Morgan fingerprint density at radius 1 is 1.12 bits per heavy atom. The van der Waals surface area contributed by atoms with Crippen molar-refractivity contribution in [3.05, 3.63) is 29.8 Å². The van der Waals surface area contributed by atoms with E-state index in [1.165, 1.54) is 11.3 Å². The third-order valence-electron chi connectivity index (χ3n) is 3.97. The van der Waals surface area contributed by atoms with E-state index in [9.17, 15) is 4.79 Å². The lowest BCUT2D eigenvalue weighted by molar-refractivity contribution is 0.0263. The lowest BCUT2D eigenvalue weighted by atomic mass is 10.1. The van der Waals surface area contributed by atoms with Crippen LogP contribution in [0.25, 0.3) is 0 Å². The monoisotopic (exact) mass is 333 g/mol. The van der Waals surface area contributed by atoms with Crippen LogP contribution >= 0.6 is 0 Å². The van der Waals surface area contributed by atoms with Gasteiger partial charge in [-0.25, -0.2) is 4.79 Å². The fourth-order valence-electron chi connectivity index (χ4n) is 2.96. The fraction of sp³-hybridized carbons (Fsp3) is 0.632. The zero-order chi connectivity index (χ0) is 17.7. The third kappa shape index (κ3) is 5.41. The van der Waals surface area contributed by atoms with Gasteiger partial charge in [-0.1, -0.05) is 18.2 Å². The average Bonchev–Trinajstić information content (AvgIpc) is 2.71. The molecule has 24 heavy (non-hydrogen) atoms. The van der Waals surface area contributed by atoms with Crippen LogP contribution in [0.5, 0.6) is 0 Å². The van der Waals surface area contributed by atoms with Crippen molar-refractivity contribution in [1.29, 1.82) is 0 Å². The quantitative estimate of drug-likeness (QED) is 0.851. The van der Waals surface area contributed by atoms with E-state index in [-0.39, 0.29) is 6.09 Å². The van der Waals surface area contributed by atoms with Crippen LogP contribution in [0.1, 0.15) is 32.8 Å². The van der Waals surface area contributed by atoms with Gasteiger partial charge in [-0.15, -0.1) is 0 Å². The van der Waals surface area contributed by atoms with Crippen molar-refractivity contribution in [3.8, 4) is 0 Å². The zero-order valence-electron chi connectivity index (χ0n) is 15.7. The van der Waals surface area contributed by atoms with Gasteiger partial charge < -0.3 is 19.4 Å². The van der Waals surface area contributed by atoms with Gasteiger partial charge in [0.05, 0.1) is 0 Å². The number of hydrogen-bond acceptors (Lipinski definition) is 4. The molecule has 0 saturated carbocycles. The maximum Gasteiger partial charge on any atom is 0.410 e. The van der Waals surface area contributed by atoms with Gasteiger partial charge in [-0.3, -0.25) is 0 Å². The molecular formula is C19H31N3O2. The Morgan fingerprint density at radius 2 is 1.83 bits per heavy atom. The first-order valence-corrected chi connectivity index (χ1v) is 8.72. The minimum atomic E-state index is -0.443. The van der Waals surface area contributed by atoms with Crippen LogP contribution in [0.4, 0.5) is 10.5 Å². The molecule has 0 atom stereocenters. The van der Waals surface area contributed by atoms with Gasteiger partial charge in [0.1, 0.15) is 5.60 Å². The molecule has 0 unspecified atom stereocenters. The van der Waals surface area contributed by atoms with Crippen molar-refractivity contribution in [2.75, 3.05) is 45.2 Å². The topological polar surface area (TPSA) is 36.0 Å². The Morgan fingerprint density at radius 3 is 2.50 bits per heavy atom. The van der Waals surface area contributed by atoms with Gasteiger partial charge in [-0.05, 0) is 52.9 Å². The number of ether oxygens (including phenoxy) is 1. The van der Waals surface area contributed by atoms with Crippen LogP contribution in [-0.4, -0.2) is 61.8 Å². The van der Waals surface area contributed by atoms with Crippen LogP contribution in [0, 0.1) is 0 Å². The van der Waals surface area contributed by atoms with Crippen LogP contribution in [-0.2, 0) is 11.3 Å². The van der Waals surface area contributed by atoms with E-state index in [0.717, 1.165) is 32.6 Å². The number of rotatable bonds is 3. The van der Waals surface area contributed by atoms with E-state index in [0.29, 0.717) is 6.54 Å². The standard InChI is InChI=1S/C19H31N3O2/c1-19(2,3)24-18(23)22-12-8-11-21(13-14-22)17-10-7-6-9-16(17)15-20(4)5/h6-7,9-10H,8,11-15H2,1-5H3. The molecule has 1 aromatic carbocycles. The second kappa shape index (κ2) is 7.88. The molecule has 1 heterocycles. The summed E-state index contributed by atoms with van der Waals surface area (Å²) in [7, 11) is 4.17. The Labute approximate surface area is 146 Å². The molecule has 1 saturated heterocycles. The Balaban J connectivity index is 2.05. The number of nitrogens with zero attached hydrogens (tertiary/aromatic N) is 3. The number of carbonyl (C=O) groups is 1. The van der Waals surface area contributed by atoms with Crippen LogP contribution in [0.2, 0.25) is 0 Å². The van der Waals surface area contributed by atoms with E-state index in [2.05, 4.69) is 48.2 Å². The van der Waals surface area contributed by atoms with Gasteiger partial charge in [0.2, 0.25) is 0 Å². The second-order valence-corrected chi connectivity index (χ2v) is 7.67. The Bertz CT molecular complexity index is 552. The SMILES string of the molecule is CN(C)Cc1ccccc1N1CCCN(C(=O)OC(C)(C)C)CC1. The summed E-state index contributed by atoms with van der Waals surface area (Å²) in [5.41, 5.74) is 2.16. The van der Waals surface area contributed by atoms with E-state index in [1.54, 1.807) is 0 Å². The molecule has 1 aliphatic heterocycles. The predicted molar refractivity (Wildman–Crippen MR) is 98.5 cm³/mol. The van der Waals surface area contributed by atoms with E-state index < -0.39 is 5.60 Å². The number of benzene rings is 1. The smallest absolute Gasteiger partial charge is 0.410 e. The number of para-hydroxylation sites is 1. The summed E-state index contributed by atoms with van der Waals surface area (Å²) in [6.45, 7) is 9.90. The highest BCUT2D eigenvalue weighted by molar-refractivity contribution is 5.68. The number of anilines is 1. The Kier molecular flexibility index (Phi) is 6.10. The van der Waals surface area contributed by atoms with Crippen LogP contribution in [0.3, 0.4) is 0 Å². The van der Waals surface area contributed by atoms with E-state index in [4.69, 9.17) is 4.74 Å². The molecule has 1 fully saturated rings. The molecule has 1 amide bonds. The maximum atomic E-state index is 12.3. The summed E-state index contributed by atoms with van der Waals surface area (Å²) in [5, 5.41) is 0. The van der Waals surface area contributed by atoms with Gasteiger partial charge in [0.15, 0.2) is 0 Å². The molecule has 0 spiro atoms. The fourth-order valence-corrected chi connectivity index (χ4v) is 2.96. The summed E-state index contributed by atoms with van der Waals surface area (Å²) in [6, 6.07) is 8.55. The zero-order valence-corrected chi connectivity index (χ0v) is 15.7. The first-order valence-electron chi connectivity index (χ1n) is 8.72. The van der Waals surface area contributed by atoms with Gasteiger partial charge in [-0.2, -0.15) is 0 Å². The summed E-state index contributed by atoms with van der Waals surface area (Å²) in [4.78, 5) is 18.7. The number of amides is 1. The van der Waals surface area contributed by atoms with Crippen molar-refractivity contribution in [3.63, 3.8) is 0 Å². The minimum absolute atomic E-state index is 0.203. The molecule has 0 radical (unpaired) electrons. The highest BCUT2D eigenvalue weighted by Gasteiger charge is 2.25. The van der Waals surface area contributed by atoms with Crippen molar-refractivity contribution >= 4 is 11.8 Å². The molecule has 0 aliphatic carbocycles. The lowest BCUT2D eigenvalue weighted by Crippen LogP contribution is -2.39. The first-order chi connectivity index (χ1) is 11.3. The van der Waals surface area contributed by atoms with Crippen molar-refractivity contribution in [2.45, 2.75) is 39.3 Å². The van der Waals surface area contributed by atoms with Crippen LogP contribution in [0.15, 0.2) is 24.3 Å². The largest absolute Gasteiger partial charge is 0.444 e. The van der Waals surface area contributed by atoms with Gasteiger partial charge >= 0.3 is 6.09 Å². The lowest BCUT2D eigenvalue weighted by Gasteiger charge is -2.28. The minimum Gasteiger partial charge on any atom is -0.444 e. The first kappa shape index (κ1) is 18.6.